The van der Waals surface area contributed by atoms with Gasteiger partial charge in [0.2, 0.25) is 11.8 Å². The maximum atomic E-state index is 12.0. The van der Waals surface area contributed by atoms with Crippen LogP contribution in [0.25, 0.3) is 0 Å². The molecule has 2 amide bonds. The second-order valence-corrected chi connectivity index (χ2v) is 5.69. The van der Waals surface area contributed by atoms with Crippen molar-refractivity contribution in [2.75, 3.05) is 19.0 Å². The molecule has 0 aliphatic carbocycles. The Morgan fingerprint density at radius 3 is 2.60 bits per heavy atom. The van der Waals surface area contributed by atoms with Gasteiger partial charge in [0, 0.05) is 12.2 Å². The van der Waals surface area contributed by atoms with E-state index in [0.29, 0.717) is 13.0 Å². The van der Waals surface area contributed by atoms with E-state index in [-0.39, 0.29) is 18.2 Å². The summed E-state index contributed by atoms with van der Waals surface area (Å²) in [7, 11) is 1.62. The van der Waals surface area contributed by atoms with E-state index in [1.807, 2.05) is 55.5 Å². The van der Waals surface area contributed by atoms with E-state index in [1.54, 1.807) is 7.11 Å². The van der Waals surface area contributed by atoms with E-state index in [1.165, 1.54) is 0 Å². The first-order valence-electron chi connectivity index (χ1n) is 8.39. The lowest BCUT2D eigenvalue weighted by molar-refractivity contribution is -0.126. The van der Waals surface area contributed by atoms with Gasteiger partial charge in [-0.3, -0.25) is 9.59 Å². The van der Waals surface area contributed by atoms with Gasteiger partial charge in [0.05, 0.1) is 7.11 Å². The van der Waals surface area contributed by atoms with Crippen LogP contribution in [0.15, 0.2) is 48.5 Å². The molecule has 0 aliphatic rings. The summed E-state index contributed by atoms with van der Waals surface area (Å²) >= 11 is 0. The summed E-state index contributed by atoms with van der Waals surface area (Å²) in [5.74, 6) is 0.201. The van der Waals surface area contributed by atoms with Crippen LogP contribution in [0.1, 0.15) is 24.5 Å². The predicted molar refractivity (Wildman–Crippen MR) is 98.8 cm³/mol. The highest BCUT2D eigenvalue weighted by Crippen LogP contribution is 2.15. The summed E-state index contributed by atoms with van der Waals surface area (Å²) in [5.41, 5.74) is 2.88. The van der Waals surface area contributed by atoms with E-state index < -0.39 is 0 Å². The number of rotatable bonds is 8. The number of hydrogen-bond donors (Lipinski definition) is 2. The highest BCUT2D eigenvalue weighted by atomic mass is 16.5. The summed E-state index contributed by atoms with van der Waals surface area (Å²) in [5, 5.41) is 5.57. The Morgan fingerprint density at radius 2 is 1.84 bits per heavy atom. The first-order chi connectivity index (χ1) is 12.1. The number of methoxy groups -OCH3 is 1. The van der Waals surface area contributed by atoms with E-state index in [2.05, 4.69) is 10.6 Å². The zero-order valence-electron chi connectivity index (χ0n) is 14.7. The molecule has 0 bridgehead atoms. The molecular formula is C20H24N2O3. The molecule has 0 aliphatic heterocycles. The second-order valence-electron chi connectivity index (χ2n) is 5.69. The van der Waals surface area contributed by atoms with E-state index >= 15 is 0 Å². The van der Waals surface area contributed by atoms with Crippen LogP contribution in [0.3, 0.4) is 0 Å². The van der Waals surface area contributed by atoms with Gasteiger partial charge in [0.1, 0.15) is 12.2 Å². The lowest BCUT2D eigenvalue weighted by Gasteiger charge is -2.10. The molecule has 0 aromatic heterocycles. The van der Waals surface area contributed by atoms with Crippen molar-refractivity contribution >= 4 is 17.5 Å². The molecule has 0 atom stereocenters. The molecule has 0 saturated carbocycles. The molecule has 0 fully saturated rings. The summed E-state index contributed by atoms with van der Waals surface area (Å²) < 4.78 is 5.17. The normalized spacial score (nSPS) is 10.2. The molecule has 0 heterocycles. The third kappa shape index (κ3) is 5.95. The number of nitrogens with one attached hydrogen (secondary N) is 2. The minimum absolute atomic E-state index is 0.184. The largest absolute Gasteiger partial charge is 0.497 e. The number of hydrogen-bond acceptors (Lipinski definition) is 3. The van der Waals surface area contributed by atoms with Crippen LogP contribution in [0, 0.1) is 0 Å². The van der Waals surface area contributed by atoms with Crippen molar-refractivity contribution in [1.82, 2.24) is 5.32 Å². The van der Waals surface area contributed by atoms with Crippen LogP contribution >= 0.6 is 0 Å². The quantitative estimate of drug-likeness (QED) is 0.726. The number of amides is 2. The molecule has 0 spiro atoms. The molecule has 0 radical (unpaired) electrons. The average Bonchev–Trinajstić information content (AvgIpc) is 2.62. The number of aryl methyl sites for hydroxylation is 1. The van der Waals surface area contributed by atoms with Crippen LogP contribution in [0.4, 0.5) is 5.69 Å². The minimum Gasteiger partial charge on any atom is -0.497 e. The number of carbonyl (C=O) groups is 2. The van der Waals surface area contributed by atoms with Crippen molar-refractivity contribution in [3.8, 4) is 5.75 Å². The fourth-order valence-corrected chi connectivity index (χ4v) is 2.53. The van der Waals surface area contributed by atoms with Crippen molar-refractivity contribution in [3.63, 3.8) is 0 Å². The van der Waals surface area contributed by atoms with Crippen molar-refractivity contribution < 1.29 is 14.3 Å². The van der Waals surface area contributed by atoms with Gasteiger partial charge in [-0.05, 0) is 42.2 Å². The Morgan fingerprint density at radius 1 is 1.04 bits per heavy atom. The zero-order valence-corrected chi connectivity index (χ0v) is 14.7. The third-order valence-corrected chi connectivity index (χ3v) is 3.86. The highest BCUT2D eigenvalue weighted by molar-refractivity contribution is 6.03. The molecule has 5 nitrogen and oxygen atoms in total. The molecule has 132 valence electrons. The monoisotopic (exact) mass is 340 g/mol. The van der Waals surface area contributed by atoms with Crippen molar-refractivity contribution in [2.45, 2.75) is 26.2 Å². The van der Waals surface area contributed by atoms with E-state index in [0.717, 1.165) is 29.0 Å². The number of anilines is 1. The number of carbonyl (C=O) groups excluding carboxylic acids is 2. The maximum Gasteiger partial charge on any atom is 0.233 e. The van der Waals surface area contributed by atoms with Gasteiger partial charge < -0.3 is 15.4 Å². The van der Waals surface area contributed by atoms with Crippen LogP contribution in [-0.4, -0.2) is 25.5 Å². The SMILES string of the molecule is CCc1ccccc1NC(=O)CC(=O)NCCc1cccc(OC)c1. The Bertz CT molecular complexity index is 728. The highest BCUT2D eigenvalue weighted by Gasteiger charge is 2.10. The fourth-order valence-electron chi connectivity index (χ4n) is 2.53. The summed E-state index contributed by atoms with van der Waals surface area (Å²) in [6.07, 6.45) is 1.32. The molecule has 25 heavy (non-hydrogen) atoms. The first kappa shape index (κ1) is 18.5. The lowest BCUT2D eigenvalue weighted by atomic mass is 10.1. The molecule has 0 saturated heterocycles. The van der Waals surface area contributed by atoms with Crippen LogP contribution in [0.5, 0.6) is 5.75 Å². The molecular weight excluding hydrogens is 316 g/mol. The van der Waals surface area contributed by atoms with Gasteiger partial charge in [0.15, 0.2) is 0 Å². The van der Waals surface area contributed by atoms with E-state index in [4.69, 9.17) is 4.74 Å². The Balaban J connectivity index is 1.76. The molecule has 2 aromatic rings. The van der Waals surface area contributed by atoms with Crippen LogP contribution in [-0.2, 0) is 22.4 Å². The van der Waals surface area contributed by atoms with Gasteiger partial charge in [-0.2, -0.15) is 0 Å². The van der Waals surface area contributed by atoms with E-state index in [9.17, 15) is 9.59 Å². The summed E-state index contributed by atoms with van der Waals surface area (Å²) in [6.45, 7) is 2.50. The van der Waals surface area contributed by atoms with Gasteiger partial charge >= 0.3 is 0 Å². The number of ether oxygens (including phenoxy) is 1. The van der Waals surface area contributed by atoms with Crippen LogP contribution in [0.2, 0.25) is 0 Å². The second kappa shape index (κ2) is 9.47. The van der Waals surface area contributed by atoms with Crippen molar-refractivity contribution in [1.29, 1.82) is 0 Å². The van der Waals surface area contributed by atoms with Gasteiger partial charge in [-0.25, -0.2) is 0 Å². The number of benzene rings is 2. The minimum atomic E-state index is -0.306. The lowest BCUT2D eigenvalue weighted by Crippen LogP contribution is -2.29. The molecule has 2 aromatic carbocycles. The predicted octanol–water partition coefficient (Wildman–Crippen LogP) is 2.95. The van der Waals surface area contributed by atoms with Crippen molar-refractivity contribution in [3.05, 3.63) is 59.7 Å². The fraction of sp³-hybridized carbons (Fsp3) is 0.300. The Kier molecular flexibility index (Phi) is 7.01. The molecule has 2 rings (SSSR count). The third-order valence-electron chi connectivity index (χ3n) is 3.86. The van der Waals surface area contributed by atoms with Crippen LogP contribution < -0.4 is 15.4 Å². The molecule has 2 N–H and O–H groups in total. The molecule has 0 unspecified atom stereocenters. The smallest absolute Gasteiger partial charge is 0.233 e. The molecule has 5 heteroatoms. The van der Waals surface area contributed by atoms with Gasteiger partial charge in [-0.1, -0.05) is 37.3 Å². The van der Waals surface area contributed by atoms with Gasteiger partial charge in [-0.15, -0.1) is 0 Å². The van der Waals surface area contributed by atoms with Crippen molar-refractivity contribution in [2.24, 2.45) is 0 Å². The van der Waals surface area contributed by atoms with Gasteiger partial charge in [0.25, 0.3) is 0 Å². The average molecular weight is 340 g/mol. The topological polar surface area (TPSA) is 67.4 Å². The summed E-state index contributed by atoms with van der Waals surface area (Å²) in [4.78, 5) is 23.9. The maximum absolute atomic E-state index is 12.0. The number of para-hydroxylation sites is 1. The first-order valence-corrected chi connectivity index (χ1v) is 8.39. The zero-order chi connectivity index (χ0) is 18.1. The Hall–Kier alpha value is -2.82. The summed E-state index contributed by atoms with van der Waals surface area (Å²) in [6, 6.07) is 15.3. The standard InChI is InChI=1S/C20H24N2O3/c1-3-16-8-4-5-10-18(16)22-20(24)14-19(23)21-12-11-15-7-6-9-17(13-15)25-2/h4-10,13H,3,11-12,14H2,1-2H3,(H,21,23)(H,22,24). The Labute approximate surface area is 148 Å².